The minimum Gasteiger partial charge on any atom is -0.493 e. The van der Waals surface area contributed by atoms with Gasteiger partial charge >= 0.3 is 0 Å². The summed E-state index contributed by atoms with van der Waals surface area (Å²) in [6.07, 6.45) is 27.6. The van der Waals surface area contributed by atoms with Crippen LogP contribution in [0.15, 0.2) is 18.2 Å². The van der Waals surface area contributed by atoms with Gasteiger partial charge in [0.25, 0.3) is 5.91 Å². The van der Waals surface area contributed by atoms with Gasteiger partial charge < -0.3 is 44.7 Å². The number of unbranched alkanes of at least 4 members (excludes halogenated alkanes) is 25. The molecule has 1 aromatic carbocycles. The van der Waals surface area contributed by atoms with Gasteiger partial charge in [0.1, 0.15) is 35.9 Å². The molecule has 0 aliphatic carbocycles. The van der Waals surface area contributed by atoms with Crippen molar-refractivity contribution in [3.8, 4) is 11.5 Å². The van der Waals surface area contributed by atoms with Crippen LogP contribution in [-0.2, 0) is 9.47 Å². The molecule has 1 aliphatic rings. The maximum atomic E-state index is 13.2. The number of carbonyl (C=O) groups excluding carboxylic acids is 1. The first kappa shape index (κ1) is 51.2. The second kappa shape index (κ2) is 34.9. The van der Waals surface area contributed by atoms with E-state index in [1.165, 1.54) is 116 Å². The molecule has 57 heavy (non-hydrogen) atoms. The van der Waals surface area contributed by atoms with Gasteiger partial charge in [-0.2, -0.15) is 0 Å². The molecule has 0 bridgehead atoms. The van der Waals surface area contributed by atoms with E-state index < -0.39 is 37.3 Å². The Kier molecular flexibility index (Phi) is 31.3. The molecule has 332 valence electrons. The van der Waals surface area contributed by atoms with Crippen LogP contribution in [0.25, 0.3) is 0 Å². The van der Waals surface area contributed by atoms with Crippen molar-refractivity contribution < 1.29 is 44.2 Å². The fourth-order valence-corrected chi connectivity index (χ4v) is 7.42. The van der Waals surface area contributed by atoms with Crippen LogP contribution >= 0.6 is 0 Å². The van der Waals surface area contributed by atoms with Crippen LogP contribution in [0.5, 0.6) is 11.5 Å². The van der Waals surface area contributed by atoms with E-state index in [0.29, 0.717) is 43.4 Å². The molecular formula is C47H85NO9. The van der Waals surface area contributed by atoms with Gasteiger partial charge in [0.15, 0.2) is 6.29 Å². The standard InChI is InChI=1S/C47H85NO9/c1-3-5-7-9-11-13-16-20-24-28-32-54-40-35-39(36-41(37-40)55-33-29-25-21-17-14-12-10-8-6-4-2)46(53)48-31-27-23-19-15-18-22-26-30-34-56-47-45(52)44(51)43(50)42(38-49)57-47/h35-37,42-45,47,49-52H,3-34,38H2,1-2H3,(H,48,53)/t42-,43+,44+,45-,47-/m1/s1. The number of hydrogen-bond donors (Lipinski definition) is 5. The summed E-state index contributed by atoms with van der Waals surface area (Å²) in [6, 6.07) is 5.65. The number of carbonyl (C=O) groups is 1. The fraction of sp³-hybridized carbons (Fsp3) is 0.851. The normalized spacial score (nSPS) is 19.5. The molecule has 10 nitrogen and oxygen atoms in total. The molecule has 1 saturated heterocycles. The highest BCUT2D eigenvalue weighted by Gasteiger charge is 2.43. The Hall–Kier alpha value is -1.95. The predicted molar refractivity (Wildman–Crippen MR) is 230 cm³/mol. The SMILES string of the molecule is CCCCCCCCCCCCOc1cc(OCCCCCCCCCCCC)cc(C(=O)NCCCCCCCCCCO[C@@H]2O[C@H](CO)[C@H](O)[C@H](O)[C@H]2O)c1. The lowest BCUT2D eigenvalue weighted by Crippen LogP contribution is -2.59. The number of benzene rings is 1. The van der Waals surface area contributed by atoms with E-state index in [-0.39, 0.29) is 5.91 Å². The lowest BCUT2D eigenvalue weighted by Gasteiger charge is -2.39. The van der Waals surface area contributed by atoms with Gasteiger partial charge in [-0.05, 0) is 37.8 Å². The summed E-state index contributed by atoms with van der Waals surface area (Å²) in [5.74, 6) is 1.32. The van der Waals surface area contributed by atoms with Gasteiger partial charge in [0, 0.05) is 24.8 Å². The van der Waals surface area contributed by atoms with Crippen molar-refractivity contribution in [2.24, 2.45) is 0 Å². The third kappa shape index (κ3) is 24.7. The Morgan fingerprint density at radius 1 is 0.544 bits per heavy atom. The van der Waals surface area contributed by atoms with Crippen molar-refractivity contribution in [3.05, 3.63) is 23.8 Å². The number of rotatable bonds is 38. The third-order valence-electron chi connectivity index (χ3n) is 11.2. The summed E-state index contributed by atoms with van der Waals surface area (Å²) in [7, 11) is 0. The Bertz CT molecular complexity index is 1040. The van der Waals surface area contributed by atoms with E-state index in [4.69, 9.17) is 18.9 Å². The monoisotopic (exact) mass is 808 g/mol. The molecule has 0 saturated carbocycles. The van der Waals surface area contributed by atoms with Crippen LogP contribution in [0, 0.1) is 0 Å². The highest BCUT2D eigenvalue weighted by Crippen LogP contribution is 2.25. The molecule has 1 aliphatic heterocycles. The average molecular weight is 808 g/mol. The van der Waals surface area contributed by atoms with Gasteiger partial charge in [0.2, 0.25) is 0 Å². The molecule has 5 atom stereocenters. The maximum Gasteiger partial charge on any atom is 0.251 e. The fourth-order valence-electron chi connectivity index (χ4n) is 7.42. The highest BCUT2D eigenvalue weighted by atomic mass is 16.7. The minimum absolute atomic E-state index is 0.0888. The zero-order chi connectivity index (χ0) is 41.2. The van der Waals surface area contributed by atoms with Crippen molar-refractivity contribution in [1.82, 2.24) is 5.32 Å². The quantitative estimate of drug-likeness (QED) is 0.0412. The third-order valence-corrected chi connectivity index (χ3v) is 11.2. The van der Waals surface area contributed by atoms with E-state index in [1.807, 2.05) is 18.2 Å². The smallest absolute Gasteiger partial charge is 0.251 e. The van der Waals surface area contributed by atoms with Crippen molar-refractivity contribution in [2.45, 2.75) is 224 Å². The summed E-state index contributed by atoms with van der Waals surface area (Å²) >= 11 is 0. The van der Waals surface area contributed by atoms with E-state index in [1.54, 1.807) is 0 Å². The molecule has 1 amide bonds. The summed E-state index contributed by atoms with van der Waals surface area (Å²) in [5.41, 5.74) is 0.587. The summed E-state index contributed by atoms with van der Waals surface area (Å²) in [6.45, 7) is 6.36. The lowest BCUT2D eigenvalue weighted by atomic mass is 9.99. The Morgan fingerprint density at radius 3 is 1.39 bits per heavy atom. The van der Waals surface area contributed by atoms with Crippen LogP contribution < -0.4 is 14.8 Å². The minimum atomic E-state index is -1.42. The number of nitrogens with one attached hydrogen (secondary N) is 1. The Morgan fingerprint density at radius 2 is 0.947 bits per heavy atom. The number of aliphatic hydroxyl groups excluding tert-OH is 4. The van der Waals surface area contributed by atoms with Crippen LogP contribution in [0.4, 0.5) is 0 Å². The van der Waals surface area contributed by atoms with Crippen LogP contribution in [0.3, 0.4) is 0 Å². The molecule has 0 unspecified atom stereocenters. The van der Waals surface area contributed by atoms with Crippen molar-refractivity contribution in [1.29, 1.82) is 0 Å². The zero-order valence-corrected chi connectivity index (χ0v) is 36.3. The molecule has 2 rings (SSSR count). The Labute approximate surface area is 347 Å². The number of amides is 1. The maximum absolute atomic E-state index is 13.2. The molecule has 1 fully saturated rings. The Balaban J connectivity index is 1.64. The van der Waals surface area contributed by atoms with Gasteiger partial charge in [0.05, 0.1) is 19.8 Å². The first-order valence-corrected chi connectivity index (χ1v) is 23.5. The molecular weight excluding hydrogens is 723 g/mol. The zero-order valence-electron chi connectivity index (χ0n) is 36.3. The van der Waals surface area contributed by atoms with Crippen LogP contribution in [-0.4, -0.2) is 90.0 Å². The topological polar surface area (TPSA) is 147 Å². The molecule has 1 aromatic rings. The first-order valence-electron chi connectivity index (χ1n) is 23.5. The molecule has 1 heterocycles. The van der Waals surface area contributed by atoms with Gasteiger partial charge in [-0.25, -0.2) is 0 Å². The molecule has 0 radical (unpaired) electrons. The van der Waals surface area contributed by atoms with E-state index in [9.17, 15) is 25.2 Å². The highest BCUT2D eigenvalue weighted by molar-refractivity contribution is 5.95. The van der Waals surface area contributed by atoms with Gasteiger partial charge in [-0.3, -0.25) is 4.79 Å². The molecule has 5 N–H and O–H groups in total. The summed E-state index contributed by atoms with van der Waals surface area (Å²) < 4.78 is 23.3. The van der Waals surface area contributed by atoms with E-state index >= 15 is 0 Å². The summed E-state index contributed by atoms with van der Waals surface area (Å²) in [5, 5.41) is 42.3. The molecule has 0 aromatic heterocycles. The van der Waals surface area contributed by atoms with Crippen molar-refractivity contribution in [3.63, 3.8) is 0 Å². The van der Waals surface area contributed by atoms with Crippen LogP contribution in [0.1, 0.15) is 204 Å². The number of aliphatic hydroxyl groups is 4. The summed E-state index contributed by atoms with van der Waals surface area (Å²) in [4.78, 5) is 13.2. The second-order valence-corrected chi connectivity index (χ2v) is 16.4. The first-order chi connectivity index (χ1) is 27.9. The lowest BCUT2D eigenvalue weighted by molar-refractivity contribution is -0.301. The van der Waals surface area contributed by atoms with Crippen molar-refractivity contribution >= 4 is 5.91 Å². The average Bonchev–Trinajstić information content (AvgIpc) is 3.22. The van der Waals surface area contributed by atoms with Gasteiger partial charge in [-0.1, -0.05) is 168 Å². The van der Waals surface area contributed by atoms with Crippen molar-refractivity contribution in [2.75, 3.05) is 33.0 Å². The molecule has 0 spiro atoms. The second-order valence-electron chi connectivity index (χ2n) is 16.4. The molecule has 10 heteroatoms. The number of ether oxygens (including phenoxy) is 4. The van der Waals surface area contributed by atoms with E-state index in [2.05, 4.69) is 19.2 Å². The number of hydrogen-bond acceptors (Lipinski definition) is 9. The van der Waals surface area contributed by atoms with Crippen LogP contribution in [0.2, 0.25) is 0 Å². The van der Waals surface area contributed by atoms with Gasteiger partial charge in [-0.15, -0.1) is 0 Å². The predicted octanol–water partition coefficient (Wildman–Crippen LogP) is 9.95. The largest absolute Gasteiger partial charge is 0.493 e. The van der Waals surface area contributed by atoms with E-state index in [0.717, 1.165) is 64.2 Å².